The van der Waals surface area contributed by atoms with Gasteiger partial charge in [0.2, 0.25) is 0 Å². The fourth-order valence-electron chi connectivity index (χ4n) is 3.68. The molecule has 0 bridgehead atoms. The molecular formula is C26H28N2OS. The van der Waals surface area contributed by atoms with Gasteiger partial charge >= 0.3 is 0 Å². The maximum Gasteiger partial charge on any atom is 0.253 e. The van der Waals surface area contributed by atoms with Gasteiger partial charge in [0.15, 0.2) is 0 Å². The number of carbonyl (C=O) groups excluding carboxylic acids is 1. The molecule has 0 atom stereocenters. The molecule has 4 heteroatoms. The van der Waals surface area contributed by atoms with Crippen LogP contribution in [0.25, 0.3) is 0 Å². The van der Waals surface area contributed by atoms with Crippen molar-refractivity contribution >= 4 is 17.7 Å². The second-order valence-electron chi connectivity index (χ2n) is 7.85. The van der Waals surface area contributed by atoms with Crippen LogP contribution in [0, 0.1) is 6.92 Å². The third kappa shape index (κ3) is 5.53. The highest BCUT2D eigenvalue weighted by Gasteiger charge is 2.22. The van der Waals surface area contributed by atoms with Crippen molar-refractivity contribution in [2.45, 2.75) is 24.1 Å². The van der Waals surface area contributed by atoms with Crippen LogP contribution in [0.2, 0.25) is 0 Å². The summed E-state index contributed by atoms with van der Waals surface area (Å²) in [5, 5.41) is 0. The lowest BCUT2D eigenvalue weighted by Crippen LogP contribution is -2.48. The van der Waals surface area contributed by atoms with E-state index in [0.717, 1.165) is 44.0 Å². The number of carbonyl (C=O) groups is 1. The third-order valence-electron chi connectivity index (χ3n) is 5.54. The summed E-state index contributed by atoms with van der Waals surface area (Å²) in [6, 6.07) is 27.3. The number of nitrogens with zero attached hydrogens (tertiary/aromatic N) is 2. The molecule has 1 amide bonds. The van der Waals surface area contributed by atoms with E-state index in [1.54, 1.807) is 0 Å². The summed E-state index contributed by atoms with van der Waals surface area (Å²) in [6.45, 7) is 6.48. The number of piperazine rings is 1. The molecule has 1 saturated heterocycles. The van der Waals surface area contributed by atoms with Gasteiger partial charge in [-0.15, -0.1) is 11.8 Å². The van der Waals surface area contributed by atoms with E-state index in [1.807, 2.05) is 34.9 Å². The Bertz CT molecular complexity index is 947. The number of hydrogen-bond acceptors (Lipinski definition) is 3. The number of aryl methyl sites for hydroxylation is 1. The van der Waals surface area contributed by atoms with Crippen molar-refractivity contribution in [2.75, 3.05) is 26.2 Å². The second-order valence-corrected chi connectivity index (χ2v) is 8.90. The smallest absolute Gasteiger partial charge is 0.253 e. The Morgan fingerprint density at radius 1 is 0.800 bits per heavy atom. The first-order valence-corrected chi connectivity index (χ1v) is 11.5. The molecule has 0 spiro atoms. The molecule has 0 aliphatic carbocycles. The molecule has 0 unspecified atom stereocenters. The maximum absolute atomic E-state index is 12.9. The predicted molar refractivity (Wildman–Crippen MR) is 125 cm³/mol. The molecule has 1 fully saturated rings. The van der Waals surface area contributed by atoms with Gasteiger partial charge in [-0.1, -0.05) is 60.2 Å². The van der Waals surface area contributed by atoms with Crippen molar-refractivity contribution in [3.63, 3.8) is 0 Å². The van der Waals surface area contributed by atoms with Crippen molar-refractivity contribution in [2.24, 2.45) is 0 Å². The summed E-state index contributed by atoms with van der Waals surface area (Å²) in [4.78, 5) is 18.6. The van der Waals surface area contributed by atoms with E-state index in [0.29, 0.717) is 0 Å². The Kier molecular flexibility index (Phi) is 6.88. The topological polar surface area (TPSA) is 23.6 Å². The molecule has 0 aromatic heterocycles. The molecular weight excluding hydrogens is 388 g/mol. The van der Waals surface area contributed by atoms with E-state index in [2.05, 4.69) is 72.5 Å². The van der Waals surface area contributed by atoms with Crippen molar-refractivity contribution in [3.05, 3.63) is 101 Å². The molecule has 3 nitrogen and oxygen atoms in total. The van der Waals surface area contributed by atoms with Gasteiger partial charge in [-0.05, 0) is 42.3 Å². The van der Waals surface area contributed by atoms with Gasteiger partial charge in [0.1, 0.15) is 0 Å². The van der Waals surface area contributed by atoms with E-state index in [9.17, 15) is 4.79 Å². The fraction of sp³-hybridized carbons (Fsp3) is 0.269. The number of hydrogen-bond donors (Lipinski definition) is 0. The van der Waals surface area contributed by atoms with E-state index < -0.39 is 0 Å². The molecule has 1 aliphatic heterocycles. The summed E-state index contributed by atoms with van der Waals surface area (Å²) < 4.78 is 0. The van der Waals surface area contributed by atoms with Crippen LogP contribution in [0.4, 0.5) is 0 Å². The highest BCUT2D eigenvalue weighted by atomic mass is 32.2. The third-order valence-corrected chi connectivity index (χ3v) is 6.62. The van der Waals surface area contributed by atoms with Gasteiger partial charge < -0.3 is 4.90 Å². The minimum atomic E-state index is 0.145. The monoisotopic (exact) mass is 416 g/mol. The van der Waals surface area contributed by atoms with Gasteiger partial charge in [0, 0.05) is 48.9 Å². The van der Waals surface area contributed by atoms with Crippen LogP contribution in [0.15, 0.2) is 83.8 Å². The first kappa shape index (κ1) is 20.7. The highest BCUT2D eigenvalue weighted by molar-refractivity contribution is 7.98. The van der Waals surface area contributed by atoms with Crippen LogP contribution in [0.3, 0.4) is 0 Å². The molecule has 4 rings (SSSR count). The Balaban J connectivity index is 1.27. The number of benzene rings is 3. The Labute approximate surface area is 183 Å². The van der Waals surface area contributed by atoms with Crippen molar-refractivity contribution in [3.8, 4) is 0 Å². The van der Waals surface area contributed by atoms with E-state index in [4.69, 9.17) is 0 Å². The number of amides is 1. The molecule has 3 aromatic carbocycles. The zero-order valence-corrected chi connectivity index (χ0v) is 18.3. The molecule has 154 valence electrons. The molecule has 1 aliphatic rings. The van der Waals surface area contributed by atoms with E-state index >= 15 is 0 Å². The molecule has 3 aromatic rings. The number of thioether (sulfide) groups is 1. The average Bonchev–Trinajstić information content (AvgIpc) is 2.80. The standard InChI is InChI=1S/C26H28N2OS/c1-21-7-13-25(14-8-21)30-20-23-9-11-24(12-10-23)26(29)28-17-15-27(16-18-28)19-22-5-3-2-4-6-22/h2-14H,15-20H2,1H3. The molecule has 1 heterocycles. The average molecular weight is 417 g/mol. The van der Waals surface area contributed by atoms with Crippen molar-refractivity contribution < 1.29 is 4.79 Å². The summed E-state index contributed by atoms with van der Waals surface area (Å²) >= 11 is 1.82. The quantitative estimate of drug-likeness (QED) is 0.513. The summed E-state index contributed by atoms with van der Waals surface area (Å²) in [6.07, 6.45) is 0. The largest absolute Gasteiger partial charge is 0.336 e. The summed E-state index contributed by atoms with van der Waals surface area (Å²) in [5.74, 6) is 1.06. The van der Waals surface area contributed by atoms with Crippen molar-refractivity contribution in [1.82, 2.24) is 9.80 Å². The zero-order chi connectivity index (χ0) is 20.8. The molecule has 30 heavy (non-hydrogen) atoms. The zero-order valence-electron chi connectivity index (χ0n) is 17.5. The van der Waals surface area contributed by atoms with Gasteiger partial charge in [0.05, 0.1) is 0 Å². The summed E-state index contributed by atoms with van der Waals surface area (Å²) in [7, 11) is 0. The van der Waals surface area contributed by atoms with Crippen LogP contribution < -0.4 is 0 Å². The molecule has 0 radical (unpaired) electrons. The Morgan fingerprint density at radius 2 is 1.47 bits per heavy atom. The van der Waals surface area contributed by atoms with Crippen LogP contribution in [-0.2, 0) is 12.3 Å². The number of rotatable bonds is 6. The van der Waals surface area contributed by atoms with Gasteiger partial charge in [-0.25, -0.2) is 0 Å². The lowest BCUT2D eigenvalue weighted by molar-refractivity contribution is 0.0628. The first-order valence-electron chi connectivity index (χ1n) is 10.5. The van der Waals surface area contributed by atoms with Crippen LogP contribution >= 0.6 is 11.8 Å². The molecule has 0 N–H and O–H groups in total. The minimum absolute atomic E-state index is 0.145. The summed E-state index contributed by atoms with van der Waals surface area (Å²) in [5.41, 5.74) is 4.64. The van der Waals surface area contributed by atoms with Crippen LogP contribution in [-0.4, -0.2) is 41.9 Å². The highest BCUT2D eigenvalue weighted by Crippen LogP contribution is 2.23. The SMILES string of the molecule is Cc1ccc(SCc2ccc(C(=O)N3CCN(Cc4ccccc4)CC3)cc2)cc1. The fourth-order valence-corrected chi connectivity index (χ4v) is 4.53. The van der Waals surface area contributed by atoms with Crippen LogP contribution in [0.1, 0.15) is 27.0 Å². The van der Waals surface area contributed by atoms with E-state index in [-0.39, 0.29) is 5.91 Å². The van der Waals surface area contributed by atoms with Gasteiger partial charge in [-0.3, -0.25) is 9.69 Å². The maximum atomic E-state index is 12.9. The lowest BCUT2D eigenvalue weighted by atomic mass is 10.1. The second kappa shape index (κ2) is 9.96. The Morgan fingerprint density at radius 3 is 2.13 bits per heavy atom. The van der Waals surface area contributed by atoms with Gasteiger partial charge in [-0.2, -0.15) is 0 Å². The molecule has 0 saturated carbocycles. The normalized spacial score (nSPS) is 14.6. The lowest BCUT2D eigenvalue weighted by Gasteiger charge is -2.34. The predicted octanol–water partition coefficient (Wildman–Crippen LogP) is 5.25. The minimum Gasteiger partial charge on any atom is -0.336 e. The Hall–Kier alpha value is -2.56. The first-order chi connectivity index (χ1) is 14.7. The van der Waals surface area contributed by atoms with Gasteiger partial charge in [0.25, 0.3) is 5.91 Å². The van der Waals surface area contributed by atoms with E-state index in [1.165, 1.54) is 21.6 Å². The van der Waals surface area contributed by atoms with Crippen LogP contribution in [0.5, 0.6) is 0 Å². The van der Waals surface area contributed by atoms with Crippen molar-refractivity contribution in [1.29, 1.82) is 0 Å².